The van der Waals surface area contributed by atoms with Crippen molar-refractivity contribution in [2.75, 3.05) is 6.54 Å². The van der Waals surface area contributed by atoms with Crippen molar-refractivity contribution in [1.82, 2.24) is 19.9 Å². The first-order chi connectivity index (χ1) is 9.93. The molecule has 4 nitrogen and oxygen atoms in total. The maximum atomic E-state index is 12.6. The van der Waals surface area contributed by atoms with Gasteiger partial charge in [0.2, 0.25) is 0 Å². The number of hydrogen-bond acceptors (Lipinski definition) is 4. The minimum atomic E-state index is -4.42. The van der Waals surface area contributed by atoms with E-state index in [-0.39, 0.29) is 5.52 Å². The summed E-state index contributed by atoms with van der Waals surface area (Å²) in [5.41, 5.74) is -0.176. The van der Waals surface area contributed by atoms with Crippen molar-refractivity contribution in [2.24, 2.45) is 7.05 Å². The summed E-state index contributed by atoms with van der Waals surface area (Å²) in [5.74, 6) is 0.536. The van der Waals surface area contributed by atoms with Gasteiger partial charge in [-0.05, 0) is 17.6 Å². The lowest BCUT2D eigenvalue weighted by Crippen LogP contribution is -2.05. The van der Waals surface area contributed by atoms with Crippen molar-refractivity contribution >= 4 is 29.9 Å². The van der Waals surface area contributed by atoms with Gasteiger partial charge in [-0.1, -0.05) is 6.08 Å². The van der Waals surface area contributed by atoms with E-state index < -0.39 is 11.7 Å². The number of thiol groups is 1. The second kappa shape index (κ2) is 6.21. The lowest BCUT2D eigenvalue weighted by molar-refractivity contribution is -0.137. The first-order valence-electron chi connectivity index (χ1n) is 6.02. The Labute approximate surface area is 124 Å². The highest BCUT2D eigenvalue weighted by molar-refractivity contribution is 7.83. The zero-order chi connectivity index (χ0) is 15.5. The maximum Gasteiger partial charge on any atom is 0.417 e. The molecule has 1 N–H and O–H groups in total. The molecule has 0 atom stereocenters. The highest BCUT2D eigenvalue weighted by Crippen LogP contribution is 2.30. The van der Waals surface area contributed by atoms with E-state index in [1.54, 1.807) is 35.4 Å². The third-order valence-electron chi connectivity index (χ3n) is 2.77. The molecule has 0 fully saturated rings. The Balaban J connectivity index is 2.28. The molecular weight excluding hydrogens is 301 g/mol. The van der Waals surface area contributed by atoms with Crippen molar-refractivity contribution in [1.29, 1.82) is 0 Å². The Morgan fingerprint density at radius 1 is 1.43 bits per heavy atom. The lowest BCUT2D eigenvalue weighted by Gasteiger charge is -2.04. The maximum absolute atomic E-state index is 12.6. The monoisotopic (exact) mass is 314 g/mol. The molecule has 0 aliphatic heterocycles. The van der Waals surface area contributed by atoms with Gasteiger partial charge in [0.1, 0.15) is 11.3 Å². The topological polar surface area (TPSA) is 42.7 Å². The summed E-state index contributed by atoms with van der Waals surface area (Å²) in [6, 6.07) is 1.00. The number of fused-ring (bicyclic) bond motifs is 1. The third kappa shape index (κ3) is 3.57. The molecule has 2 rings (SSSR count). The molecule has 2 aromatic rings. The SMILES string of the molecule is Cn1c(/C=C/CN/C=C/S)nc2cc(C(F)(F)F)cnc21. The number of nitrogens with zero attached hydrogens (tertiary/aromatic N) is 3. The fourth-order valence-electron chi connectivity index (χ4n) is 1.75. The number of aromatic nitrogens is 3. The van der Waals surface area contributed by atoms with Gasteiger partial charge in [-0.25, -0.2) is 9.97 Å². The normalized spacial score (nSPS) is 12.8. The molecule has 0 spiro atoms. The van der Waals surface area contributed by atoms with Crippen LogP contribution >= 0.6 is 12.6 Å². The zero-order valence-corrected chi connectivity index (χ0v) is 12.0. The molecule has 0 amide bonds. The second-order valence-electron chi connectivity index (χ2n) is 4.22. The average molecular weight is 314 g/mol. The van der Waals surface area contributed by atoms with Crippen LogP contribution in [0, 0.1) is 0 Å². The van der Waals surface area contributed by atoms with Crippen molar-refractivity contribution in [3.05, 3.63) is 41.3 Å². The first-order valence-corrected chi connectivity index (χ1v) is 6.54. The number of imidazole rings is 1. The van der Waals surface area contributed by atoms with Crippen LogP contribution in [0.1, 0.15) is 11.4 Å². The molecule has 0 aliphatic rings. The quantitative estimate of drug-likeness (QED) is 0.673. The summed E-state index contributed by atoms with van der Waals surface area (Å²) >= 11 is 3.89. The molecule has 0 saturated heterocycles. The van der Waals surface area contributed by atoms with Crippen LogP contribution in [0.15, 0.2) is 29.9 Å². The Hall–Kier alpha value is -1.96. The van der Waals surface area contributed by atoms with E-state index in [1.807, 2.05) is 0 Å². The van der Waals surface area contributed by atoms with Gasteiger partial charge in [-0.2, -0.15) is 13.2 Å². The summed E-state index contributed by atoms with van der Waals surface area (Å²) in [6.07, 6.45) is 1.59. The number of alkyl halides is 3. The summed E-state index contributed by atoms with van der Waals surface area (Å²) in [4.78, 5) is 7.99. The molecule has 21 heavy (non-hydrogen) atoms. The van der Waals surface area contributed by atoms with E-state index in [0.29, 0.717) is 18.0 Å². The Bertz CT molecular complexity index is 689. The lowest BCUT2D eigenvalue weighted by atomic mass is 10.2. The molecule has 0 radical (unpaired) electrons. The van der Waals surface area contributed by atoms with Crippen LogP contribution in [0.25, 0.3) is 17.2 Å². The number of halogens is 3. The highest BCUT2D eigenvalue weighted by Gasteiger charge is 2.31. The molecule has 2 heterocycles. The molecule has 0 bridgehead atoms. The first kappa shape index (κ1) is 15.4. The fourth-order valence-corrected chi connectivity index (χ4v) is 1.86. The summed E-state index contributed by atoms with van der Waals surface area (Å²) in [7, 11) is 1.70. The number of aryl methyl sites for hydroxylation is 1. The molecule has 8 heteroatoms. The third-order valence-corrected chi connectivity index (χ3v) is 2.92. The smallest absolute Gasteiger partial charge is 0.387 e. The van der Waals surface area contributed by atoms with Crippen LogP contribution in [-0.2, 0) is 13.2 Å². The molecule has 0 unspecified atom stereocenters. The molecule has 0 aliphatic carbocycles. The minimum Gasteiger partial charge on any atom is -0.387 e. The molecular formula is C13H13F3N4S. The van der Waals surface area contributed by atoms with Crippen molar-refractivity contribution < 1.29 is 13.2 Å². The van der Waals surface area contributed by atoms with E-state index in [4.69, 9.17) is 0 Å². The summed E-state index contributed by atoms with van der Waals surface area (Å²) in [5, 5.41) is 4.50. The van der Waals surface area contributed by atoms with Crippen LogP contribution in [0.2, 0.25) is 0 Å². The Kier molecular flexibility index (Phi) is 4.56. The van der Waals surface area contributed by atoms with E-state index in [1.165, 1.54) is 0 Å². The van der Waals surface area contributed by atoms with Gasteiger partial charge in [0.15, 0.2) is 5.65 Å². The second-order valence-corrected chi connectivity index (χ2v) is 4.52. The van der Waals surface area contributed by atoms with E-state index in [9.17, 15) is 13.2 Å². The minimum absolute atomic E-state index is 0.218. The largest absolute Gasteiger partial charge is 0.417 e. The summed E-state index contributed by atoms with van der Waals surface area (Å²) < 4.78 is 39.5. The van der Waals surface area contributed by atoms with Gasteiger partial charge in [0.05, 0.1) is 5.56 Å². The van der Waals surface area contributed by atoms with Crippen LogP contribution in [0.4, 0.5) is 13.2 Å². The predicted molar refractivity (Wildman–Crippen MR) is 78.7 cm³/mol. The van der Waals surface area contributed by atoms with E-state index >= 15 is 0 Å². The summed E-state index contributed by atoms with van der Waals surface area (Å²) in [6.45, 7) is 0.557. The standard InChI is InChI=1S/C13H13F3N4S/c1-20-11(3-2-4-17-5-6-21)19-10-7-9(13(14,15)16)8-18-12(10)20/h2-3,5-8,17,21H,4H2,1H3/b3-2+,6-5+. The molecule has 112 valence electrons. The van der Waals surface area contributed by atoms with Gasteiger partial charge in [-0.15, -0.1) is 12.6 Å². The Morgan fingerprint density at radius 3 is 2.86 bits per heavy atom. The average Bonchev–Trinajstić information content (AvgIpc) is 2.74. The number of hydrogen-bond donors (Lipinski definition) is 2. The predicted octanol–water partition coefficient (Wildman–Crippen LogP) is 2.99. The van der Waals surface area contributed by atoms with Gasteiger partial charge in [0.25, 0.3) is 0 Å². The van der Waals surface area contributed by atoms with Crippen molar-refractivity contribution in [3.8, 4) is 0 Å². The zero-order valence-electron chi connectivity index (χ0n) is 11.1. The number of pyridine rings is 1. The van der Waals surface area contributed by atoms with Crippen LogP contribution in [0.5, 0.6) is 0 Å². The Morgan fingerprint density at radius 2 is 2.19 bits per heavy atom. The van der Waals surface area contributed by atoms with Crippen LogP contribution in [0.3, 0.4) is 0 Å². The van der Waals surface area contributed by atoms with Gasteiger partial charge in [-0.3, -0.25) is 0 Å². The van der Waals surface area contributed by atoms with Crippen LogP contribution in [-0.4, -0.2) is 21.1 Å². The van der Waals surface area contributed by atoms with Gasteiger partial charge < -0.3 is 9.88 Å². The van der Waals surface area contributed by atoms with E-state index in [2.05, 4.69) is 27.9 Å². The molecule has 0 aromatic carbocycles. The van der Waals surface area contributed by atoms with Crippen molar-refractivity contribution in [2.45, 2.75) is 6.18 Å². The van der Waals surface area contributed by atoms with Gasteiger partial charge >= 0.3 is 6.18 Å². The molecule has 0 saturated carbocycles. The van der Waals surface area contributed by atoms with E-state index in [0.717, 1.165) is 12.3 Å². The number of nitrogens with one attached hydrogen (secondary N) is 1. The number of rotatable bonds is 4. The van der Waals surface area contributed by atoms with Crippen LogP contribution < -0.4 is 5.32 Å². The molecule has 2 aromatic heterocycles. The van der Waals surface area contributed by atoms with Gasteiger partial charge in [0, 0.05) is 26.0 Å². The van der Waals surface area contributed by atoms with Crippen molar-refractivity contribution in [3.63, 3.8) is 0 Å². The fraction of sp³-hybridized carbons (Fsp3) is 0.231. The highest BCUT2D eigenvalue weighted by atomic mass is 32.1.